The number of nitrogens with zero attached hydrogens (tertiary/aromatic N) is 8. The van der Waals surface area contributed by atoms with E-state index < -0.39 is 5.97 Å². The van der Waals surface area contributed by atoms with Gasteiger partial charge in [0.15, 0.2) is 5.82 Å². The van der Waals surface area contributed by atoms with Crippen LogP contribution in [0.3, 0.4) is 0 Å². The molecule has 11 nitrogen and oxygen atoms in total. The highest BCUT2D eigenvalue weighted by atomic mass is 16.5. The van der Waals surface area contributed by atoms with E-state index in [1.807, 2.05) is 26.1 Å². The maximum Gasteiger partial charge on any atom is 0.306 e. The molecular formula is C24H32N8O3. The lowest BCUT2D eigenvalue weighted by Gasteiger charge is -2.27. The van der Waals surface area contributed by atoms with Crippen LogP contribution in [-0.2, 0) is 24.8 Å². The minimum atomic E-state index is -0.744. The van der Waals surface area contributed by atoms with Crippen LogP contribution in [0.25, 0.3) is 11.4 Å². The molecule has 186 valence electrons. The summed E-state index contributed by atoms with van der Waals surface area (Å²) in [5, 5.41) is 31.0. The highest BCUT2D eigenvalue weighted by molar-refractivity contribution is 5.70. The van der Waals surface area contributed by atoms with E-state index in [0.717, 1.165) is 36.5 Å². The van der Waals surface area contributed by atoms with E-state index >= 15 is 0 Å². The number of hydrogen-bond donors (Lipinski definition) is 1. The van der Waals surface area contributed by atoms with Gasteiger partial charge in [-0.2, -0.15) is 4.80 Å². The molecule has 0 unspecified atom stereocenters. The van der Waals surface area contributed by atoms with Gasteiger partial charge in [0, 0.05) is 13.5 Å². The van der Waals surface area contributed by atoms with Gasteiger partial charge in [-0.3, -0.25) is 4.79 Å². The van der Waals surface area contributed by atoms with E-state index in [1.54, 1.807) is 9.48 Å². The third-order valence-electron chi connectivity index (χ3n) is 7.22. The number of hydrogen-bond acceptors (Lipinski definition) is 8. The van der Waals surface area contributed by atoms with Gasteiger partial charge in [-0.25, -0.2) is 9.67 Å². The number of pyridine rings is 1. The van der Waals surface area contributed by atoms with Gasteiger partial charge >= 0.3 is 5.97 Å². The van der Waals surface area contributed by atoms with Gasteiger partial charge in [-0.1, -0.05) is 30.9 Å². The van der Waals surface area contributed by atoms with E-state index in [0.29, 0.717) is 42.4 Å². The van der Waals surface area contributed by atoms with Gasteiger partial charge in [0.25, 0.3) is 0 Å². The molecule has 0 aromatic carbocycles. The molecule has 5 rings (SSSR count). The molecule has 0 saturated heterocycles. The Hall–Kier alpha value is -3.37. The van der Waals surface area contributed by atoms with E-state index in [2.05, 4.69) is 25.7 Å². The molecule has 11 heteroatoms. The van der Waals surface area contributed by atoms with Crippen molar-refractivity contribution in [3.05, 3.63) is 29.3 Å². The highest BCUT2D eigenvalue weighted by Gasteiger charge is 2.28. The zero-order valence-corrected chi connectivity index (χ0v) is 20.3. The number of carboxylic acids is 1. The zero-order valence-electron chi connectivity index (χ0n) is 20.3. The molecule has 0 spiro atoms. The van der Waals surface area contributed by atoms with Crippen LogP contribution < -0.4 is 4.74 Å². The predicted molar refractivity (Wildman–Crippen MR) is 126 cm³/mol. The van der Waals surface area contributed by atoms with E-state index in [4.69, 9.17) is 9.72 Å². The lowest BCUT2D eigenvalue weighted by Crippen LogP contribution is -2.29. The molecule has 2 aliphatic carbocycles. The minimum Gasteiger partial charge on any atom is -0.489 e. The van der Waals surface area contributed by atoms with Crippen molar-refractivity contribution in [3.63, 3.8) is 0 Å². The number of tetrazole rings is 1. The number of aliphatic carboxylic acids is 1. The largest absolute Gasteiger partial charge is 0.489 e. The average molecular weight is 481 g/mol. The van der Waals surface area contributed by atoms with E-state index in [1.165, 1.54) is 25.7 Å². The summed E-state index contributed by atoms with van der Waals surface area (Å²) >= 11 is 0. The first-order valence-electron chi connectivity index (χ1n) is 12.5. The summed E-state index contributed by atoms with van der Waals surface area (Å²) in [6, 6.07) is 3.75. The van der Waals surface area contributed by atoms with Crippen LogP contribution in [0.5, 0.6) is 5.75 Å². The third kappa shape index (κ3) is 5.33. The van der Waals surface area contributed by atoms with Gasteiger partial charge in [0.05, 0.1) is 29.1 Å². The summed E-state index contributed by atoms with van der Waals surface area (Å²) in [5.74, 6) is 1.04. The Balaban J connectivity index is 1.29. The van der Waals surface area contributed by atoms with Crippen LogP contribution in [0, 0.1) is 18.8 Å². The Labute approximate surface area is 203 Å². The lowest BCUT2D eigenvalue weighted by molar-refractivity contribution is -0.143. The summed E-state index contributed by atoms with van der Waals surface area (Å²) in [6.07, 6.45) is 8.80. The summed E-state index contributed by atoms with van der Waals surface area (Å²) < 4.78 is 7.86. The Kier molecular flexibility index (Phi) is 6.74. The number of aromatic nitrogens is 8. The highest BCUT2D eigenvalue weighted by Crippen LogP contribution is 2.31. The fourth-order valence-electron chi connectivity index (χ4n) is 5.25. The van der Waals surface area contributed by atoms with Gasteiger partial charge in [0.2, 0.25) is 0 Å². The topological polar surface area (TPSA) is 134 Å². The quantitative estimate of drug-likeness (QED) is 0.516. The van der Waals surface area contributed by atoms with Crippen LogP contribution in [0.1, 0.15) is 68.6 Å². The molecule has 35 heavy (non-hydrogen) atoms. The third-order valence-corrected chi connectivity index (χ3v) is 7.22. The fourth-order valence-corrected chi connectivity index (χ4v) is 5.25. The van der Waals surface area contributed by atoms with Gasteiger partial charge in [0.1, 0.15) is 18.0 Å². The average Bonchev–Trinajstić information content (AvgIpc) is 3.59. The maximum absolute atomic E-state index is 11.4. The minimum absolute atomic E-state index is 0.111. The first kappa shape index (κ1) is 23.4. The van der Waals surface area contributed by atoms with Crippen LogP contribution in [0.4, 0.5) is 0 Å². The van der Waals surface area contributed by atoms with Gasteiger partial charge < -0.3 is 9.84 Å². The van der Waals surface area contributed by atoms with E-state index in [9.17, 15) is 9.90 Å². The molecule has 0 amide bonds. The van der Waals surface area contributed by atoms with Crippen molar-refractivity contribution in [2.24, 2.45) is 18.9 Å². The molecule has 0 aliphatic heterocycles. The van der Waals surface area contributed by atoms with Crippen molar-refractivity contribution >= 4 is 5.97 Å². The second-order valence-electron chi connectivity index (χ2n) is 9.82. The molecule has 2 saturated carbocycles. The Morgan fingerprint density at radius 1 is 1.11 bits per heavy atom. The van der Waals surface area contributed by atoms with Crippen molar-refractivity contribution in [1.82, 2.24) is 40.2 Å². The fraction of sp³-hybridized carbons (Fsp3) is 0.625. The van der Waals surface area contributed by atoms with Crippen LogP contribution in [0.2, 0.25) is 0 Å². The van der Waals surface area contributed by atoms with Crippen molar-refractivity contribution in [2.45, 2.75) is 77.4 Å². The first-order valence-corrected chi connectivity index (χ1v) is 12.5. The van der Waals surface area contributed by atoms with Crippen molar-refractivity contribution in [1.29, 1.82) is 0 Å². The van der Waals surface area contributed by atoms with Crippen molar-refractivity contribution < 1.29 is 14.6 Å². The monoisotopic (exact) mass is 480 g/mol. The molecule has 2 aliphatic rings. The number of aryl methyl sites for hydroxylation is 2. The molecule has 0 bridgehead atoms. The Bertz CT molecular complexity index is 1180. The van der Waals surface area contributed by atoms with Crippen LogP contribution in [0.15, 0.2) is 12.1 Å². The molecule has 1 N–H and O–H groups in total. The Morgan fingerprint density at radius 3 is 2.71 bits per heavy atom. The Morgan fingerprint density at radius 2 is 1.94 bits per heavy atom. The van der Waals surface area contributed by atoms with Crippen LogP contribution >= 0.6 is 0 Å². The smallest absolute Gasteiger partial charge is 0.306 e. The summed E-state index contributed by atoms with van der Waals surface area (Å²) in [4.78, 5) is 17.7. The van der Waals surface area contributed by atoms with Crippen molar-refractivity contribution in [3.8, 4) is 17.1 Å². The molecule has 2 fully saturated rings. The molecule has 2 atom stereocenters. The predicted octanol–water partition coefficient (Wildman–Crippen LogP) is 2.98. The summed E-state index contributed by atoms with van der Waals surface area (Å²) in [7, 11) is 1.84. The molecule has 3 aromatic heterocycles. The van der Waals surface area contributed by atoms with Gasteiger partial charge in [-0.05, 0) is 55.9 Å². The van der Waals surface area contributed by atoms with Crippen molar-refractivity contribution in [2.75, 3.05) is 0 Å². The van der Waals surface area contributed by atoms with Gasteiger partial charge in [-0.15, -0.1) is 15.3 Å². The zero-order chi connectivity index (χ0) is 24.4. The molecular weight excluding hydrogens is 448 g/mol. The summed E-state index contributed by atoms with van der Waals surface area (Å²) in [5.41, 5.74) is 2.93. The molecule has 3 aromatic rings. The molecule has 0 radical (unpaired) electrons. The van der Waals surface area contributed by atoms with Crippen LogP contribution in [-0.4, -0.2) is 57.4 Å². The SMILES string of the molecule is Cc1nc(-c2nnn(C)c2Cn2nnc(CC3CCCC3)n2)ccc1O[C@H]1CCC[C@H](C(=O)O)C1. The standard InChI is InChI=1S/C24H32N8O3/c1-15-21(35-18-9-5-8-17(13-18)24(33)34)11-10-19(25-15)23-20(31(2)29-27-23)14-32-28-22(26-30-32)12-16-6-3-4-7-16/h10-11,16-18H,3-9,12-14H2,1-2H3,(H,33,34)/t17-,18-/m0/s1. The summed E-state index contributed by atoms with van der Waals surface area (Å²) in [6.45, 7) is 2.29. The number of carbonyl (C=O) groups is 1. The first-order chi connectivity index (χ1) is 17.0. The van der Waals surface area contributed by atoms with E-state index in [-0.39, 0.29) is 12.0 Å². The molecule has 3 heterocycles. The number of rotatable bonds is 8. The number of carboxylic acid groups (broad SMARTS) is 1. The normalized spacial score (nSPS) is 20.9. The lowest BCUT2D eigenvalue weighted by atomic mass is 9.87. The second-order valence-corrected chi connectivity index (χ2v) is 9.82. The maximum atomic E-state index is 11.4. The second kappa shape index (κ2) is 10.1. The number of ether oxygens (including phenoxy) is 1.